The predicted molar refractivity (Wildman–Crippen MR) is 99.4 cm³/mol. The Morgan fingerprint density at radius 2 is 1.89 bits per heavy atom. The lowest BCUT2D eigenvalue weighted by molar-refractivity contribution is -0.142. The van der Waals surface area contributed by atoms with E-state index in [1.807, 2.05) is 0 Å². The van der Waals surface area contributed by atoms with E-state index in [1.54, 1.807) is 24.3 Å². The molecule has 2 aromatic carbocycles. The van der Waals surface area contributed by atoms with Crippen molar-refractivity contribution < 1.29 is 27.5 Å². The molecule has 0 spiro atoms. The quantitative estimate of drug-likeness (QED) is 0.546. The van der Waals surface area contributed by atoms with Gasteiger partial charge in [0.1, 0.15) is 5.75 Å². The van der Waals surface area contributed by atoms with E-state index < -0.39 is 28.5 Å². The number of ether oxygens (including phenoxy) is 2. The van der Waals surface area contributed by atoms with Crippen LogP contribution in [0, 0.1) is 0 Å². The standard InChI is InChI=1S/C18H18N2O6S/c1-25-15-6-2-4-13(10-15)8-9-18(22)26-12-17(21)20-14-5-3-7-16(11-14)27(19,23)24/h2-11H,12H2,1H3,(H,20,21)(H2,19,23,24). The van der Waals surface area contributed by atoms with E-state index in [0.29, 0.717) is 5.75 Å². The van der Waals surface area contributed by atoms with Crippen LogP contribution in [0.25, 0.3) is 6.08 Å². The van der Waals surface area contributed by atoms with Crippen LogP contribution < -0.4 is 15.2 Å². The normalized spacial score (nSPS) is 11.2. The van der Waals surface area contributed by atoms with Crippen LogP contribution in [0.1, 0.15) is 5.56 Å². The van der Waals surface area contributed by atoms with Gasteiger partial charge in [-0.1, -0.05) is 18.2 Å². The van der Waals surface area contributed by atoms with Gasteiger partial charge in [0.25, 0.3) is 5.91 Å². The van der Waals surface area contributed by atoms with Crippen LogP contribution in [-0.4, -0.2) is 34.0 Å². The Labute approximate surface area is 156 Å². The molecule has 1 amide bonds. The Morgan fingerprint density at radius 1 is 1.15 bits per heavy atom. The van der Waals surface area contributed by atoms with Crippen molar-refractivity contribution in [2.75, 3.05) is 19.0 Å². The average Bonchev–Trinajstić information content (AvgIpc) is 2.64. The molecule has 142 valence electrons. The van der Waals surface area contributed by atoms with Crippen LogP contribution in [0.3, 0.4) is 0 Å². The number of methoxy groups -OCH3 is 1. The number of carbonyl (C=O) groups is 2. The summed E-state index contributed by atoms with van der Waals surface area (Å²) < 4.78 is 32.5. The zero-order valence-corrected chi connectivity index (χ0v) is 15.2. The van der Waals surface area contributed by atoms with Crippen molar-refractivity contribution in [2.45, 2.75) is 4.90 Å². The van der Waals surface area contributed by atoms with E-state index in [9.17, 15) is 18.0 Å². The van der Waals surface area contributed by atoms with Gasteiger partial charge in [-0.2, -0.15) is 0 Å². The van der Waals surface area contributed by atoms with Crippen molar-refractivity contribution in [2.24, 2.45) is 5.14 Å². The van der Waals surface area contributed by atoms with Crippen LogP contribution in [0.2, 0.25) is 0 Å². The molecular weight excluding hydrogens is 372 g/mol. The van der Waals surface area contributed by atoms with Crippen LogP contribution in [0.4, 0.5) is 5.69 Å². The summed E-state index contributed by atoms with van der Waals surface area (Å²) in [6.45, 7) is -0.527. The van der Waals surface area contributed by atoms with Gasteiger partial charge in [-0.15, -0.1) is 0 Å². The maximum absolute atomic E-state index is 11.8. The van der Waals surface area contributed by atoms with Crippen LogP contribution in [0.5, 0.6) is 5.75 Å². The van der Waals surface area contributed by atoms with Gasteiger partial charge in [-0.05, 0) is 42.0 Å². The highest BCUT2D eigenvalue weighted by atomic mass is 32.2. The highest BCUT2D eigenvalue weighted by Gasteiger charge is 2.10. The topological polar surface area (TPSA) is 125 Å². The minimum Gasteiger partial charge on any atom is -0.497 e. The monoisotopic (exact) mass is 390 g/mol. The lowest BCUT2D eigenvalue weighted by Gasteiger charge is -2.06. The van der Waals surface area contributed by atoms with Crippen molar-refractivity contribution in [3.05, 3.63) is 60.2 Å². The Hall–Kier alpha value is -3.17. The summed E-state index contributed by atoms with van der Waals surface area (Å²) in [5, 5.41) is 7.45. The van der Waals surface area contributed by atoms with E-state index in [4.69, 9.17) is 14.6 Å². The Bertz CT molecular complexity index is 969. The molecule has 0 atom stereocenters. The first-order valence-corrected chi connectivity index (χ1v) is 9.24. The van der Waals surface area contributed by atoms with Gasteiger partial charge in [-0.25, -0.2) is 18.4 Å². The lowest BCUT2D eigenvalue weighted by atomic mass is 10.2. The lowest BCUT2D eigenvalue weighted by Crippen LogP contribution is -2.20. The second kappa shape index (κ2) is 8.97. The third-order valence-corrected chi connectivity index (χ3v) is 4.21. The summed E-state index contributed by atoms with van der Waals surface area (Å²) in [6.07, 6.45) is 2.71. The molecule has 0 aromatic heterocycles. The molecular formula is C18H18N2O6S. The first-order valence-electron chi connectivity index (χ1n) is 7.69. The molecule has 2 aromatic rings. The number of anilines is 1. The second-order valence-electron chi connectivity index (χ2n) is 5.34. The van der Waals surface area contributed by atoms with Crippen molar-refractivity contribution in [3.8, 4) is 5.75 Å². The van der Waals surface area contributed by atoms with Gasteiger partial charge in [0.2, 0.25) is 10.0 Å². The first-order chi connectivity index (χ1) is 12.8. The molecule has 0 fully saturated rings. The summed E-state index contributed by atoms with van der Waals surface area (Å²) in [5.74, 6) is -0.678. The molecule has 27 heavy (non-hydrogen) atoms. The molecule has 0 aliphatic rings. The van der Waals surface area contributed by atoms with Gasteiger partial charge in [0.15, 0.2) is 6.61 Å². The van der Waals surface area contributed by atoms with Crippen LogP contribution in [-0.2, 0) is 24.3 Å². The maximum atomic E-state index is 11.8. The molecule has 3 N–H and O–H groups in total. The summed E-state index contributed by atoms with van der Waals surface area (Å²) in [6, 6.07) is 12.5. The van der Waals surface area contributed by atoms with Gasteiger partial charge in [0.05, 0.1) is 12.0 Å². The van der Waals surface area contributed by atoms with Crippen LogP contribution >= 0.6 is 0 Å². The summed E-state index contributed by atoms with van der Waals surface area (Å²) in [5.41, 5.74) is 0.949. The number of rotatable bonds is 7. The zero-order chi connectivity index (χ0) is 19.9. The molecule has 0 aliphatic carbocycles. The minimum atomic E-state index is -3.88. The van der Waals surface area contributed by atoms with Crippen molar-refractivity contribution >= 4 is 33.7 Å². The Balaban J connectivity index is 1.88. The van der Waals surface area contributed by atoms with Crippen molar-refractivity contribution in [1.29, 1.82) is 0 Å². The maximum Gasteiger partial charge on any atom is 0.331 e. The number of carbonyl (C=O) groups excluding carboxylic acids is 2. The third-order valence-electron chi connectivity index (χ3n) is 3.30. The van der Waals surface area contributed by atoms with E-state index in [2.05, 4.69) is 5.32 Å². The summed E-state index contributed by atoms with van der Waals surface area (Å²) >= 11 is 0. The van der Waals surface area contributed by atoms with E-state index >= 15 is 0 Å². The number of hydrogen-bond acceptors (Lipinski definition) is 6. The fourth-order valence-electron chi connectivity index (χ4n) is 2.04. The number of benzene rings is 2. The first kappa shape index (κ1) is 20.1. The molecule has 0 bridgehead atoms. The van der Waals surface area contributed by atoms with Gasteiger partial charge >= 0.3 is 5.97 Å². The number of esters is 1. The third kappa shape index (κ3) is 6.57. The summed E-state index contributed by atoms with van der Waals surface area (Å²) in [4.78, 5) is 23.4. The van der Waals surface area contributed by atoms with E-state index in [0.717, 1.165) is 5.56 Å². The molecule has 2 rings (SSSR count). The fraction of sp³-hybridized carbons (Fsp3) is 0.111. The highest BCUT2D eigenvalue weighted by molar-refractivity contribution is 7.89. The number of amides is 1. The number of hydrogen-bond donors (Lipinski definition) is 2. The molecule has 0 unspecified atom stereocenters. The smallest absolute Gasteiger partial charge is 0.331 e. The number of sulfonamides is 1. The van der Waals surface area contributed by atoms with Crippen molar-refractivity contribution in [1.82, 2.24) is 0 Å². The Kier molecular flexibility index (Phi) is 6.69. The van der Waals surface area contributed by atoms with E-state index in [-0.39, 0.29) is 10.6 Å². The number of nitrogens with one attached hydrogen (secondary N) is 1. The minimum absolute atomic E-state index is 0.140. The van der Waals surface area contributed by atoms with Crippen molar-refractivity contribution in [3.63, 3.8) is 0 Å². The van der Waals surface area contributed by atoms with Gasteiger partial charge < -0.3 is 14.8 Å². The predicted octanol–water partition coefficient (Wildman–Crippen LogP) is 1.54. The SMILES string of the molecule is COc1cccc(C=CC(=O)OCC(=O)Nc2cccc(S(N)(=O)=O)c2)c1. The molecule has 8 nitrogen and oxygen atoms in total. The average molecular weight is 390 g/mol. The number of primary sulfonamides is 1. The molecule has 0 aliphatic heterocycles. The van der Waals surface area contributed by atoms with E-state index in [1.165, 1.54) is 43.5 Å². The van der Waals surface area contributed by atoms with Gasteiger partial charge in [-0.3, -0.25) is 4.79 Å². The molecule has 0 saturated heterocycles. The zero-order valence-electron chi connectivity index (χ0n) is 14.4. The fourth-order valence-corrected chi connectivity index (χ4v) is 2.60. The molecule has 0 heterocycles. The molecule has 0 saturated carbocycles. The second-order valence-corrected chi connectivity index (χ2v) is 6.90. The van der Waals surface area contributed by atoms with Crippen LogP contribution in [0.15, 0.2) is 59.5 Å². The largest absolute Gasteiger partial charge is 0.497 e. The Morgan fingerprint density at radius 3 is 2.59 bits per heavy atom. The molecule has 9 heteroatoms. The molecule has 0 radical (unpaired) electrons. The van der Waals surface area contributed by atoms with Gasteiger partial charge in [0, 0.05) is 11.8 Å². The number of nitrogens with two attached hydrogens (primary N) is 1. The summed E-state index contributed by atoms with van der Waals surface area (Å²) in [7, 11) is -2.34. The highest BCUT2D eigenvalue weighted by Crippen LogP contribution is 2.15.